The van der Waals surface area contributed by atoms with Gasteiger partial charge in [0.05, 0.1) is 0 Å². The second-order valence-corrected chi connectivity index (χ2v) is 4.38. The molecule has 1 aliphatic heterocycles. The Labute approximate surface area is 107 Å². The zero-order chi connectivity index (χ0) is 13.5. The Balaban J connectivity index is 2.24. The predicted octanol–water partition coefficient (Wildman–Crippen LogP) is 0.854. The molecule has 5 nitrogen and oxygen atoms in total. The number of nitrogens with one attached hydrogen (secondary N) is 1. The first-order valence-corrected chi connectivity index (χ1v) is 6.35. The zero-order valence-corrected chi connectivity index (χ0v) is 10.9. The van der Waals surface area contributed by atoms with Crippen LogP contribution in [0.2, 0.25) is 0 Å². The SMILES string of the molecule is CCC(CCCCN1C(=O)C=CC1=O)C(=O)NC. The van der Waals surface area contributed by atoms with Crippen LogP contribution in [0.4, 0.5) is 0 Å². The third-order valence-electron chi connectivity index (χ3n) is 3.19. The Hall–Kier alpha value is -1.65. The molecule has 1 aliphatic rings. The normalized spacial score (nSPS) is 16.2. The average molecular weight is 252 g/mol. The molecule has 0 spiro atoms. The van der Waals surface area contributed by atoms with E-state index in [9.17, 15) is 14.4 Å². The van der Waals surface area contributed by atoms with E-state index in [0.717, 1.165) is 25.7 Å². The molecule has 0 aromatic carbocycles. The average Bonchev–Trinajstić information content (AvgIpc) is 2.69. The Bertz CT molecular complexity index is 345. The van der Waals surface area contributed by atoms with E-state index < -0.39 is 0 Å². The van der Waals surface area contributed by atoms with Crippen LogP contribution in [0.3, 0.4) is 0 Å². The van der Waals surface area contributed by atoms with Crippen LogP contribution in [-0.4, -0.2) is 36.2 Å². The molecule has 1 heterocycles. The van der Waals surface area contributed by atoms with Crippen molar-refractivity contribution in [1.29, 1.82) is 0 Å². The highest BCUT2D eigenvalue weighted by Crippen LogP contribution is 2.14. The number of rotatable bonds is 7. The smallest absolute Gasteiger partial charge is 0.253 e. The molecular formula is C13H20N2O3. The van der Waals surface area contributed by atoms with Crippen LogP contribution in [-0.2, 0) is 14.4 Å². The molecular weight excluding hydrogens is 232 g/mol. The van der Waals surface area contributed by atoms with Crippen molar-refractivity contribution in [3.05, 3.63) is 12.2 Å². The lowest BCUT2D eigenvalue weighted by Gasteiger charge is -2.15. The highest BCUT2D eigenvalue weighted by molar-refractivity contribution is 6.12. The Morgan fingerprint density at radius 2 is 1.89 bits per heavy atom. The Kier molecular flexibility index (Phi) is 5.55. The Morgan fingerprint density at radius 3 is 2.39 bits per heavy atom. The molecule has 3 amide bonds. The monoisotopic (exact) mass is 252 g/mol. The third kappa shape index (κ3) is 3.68. The van der Waals surface area contributed by atoms with Gasteiger partial charge in [0.2, 0.25) is 5.91 Å². The van der Waals surface area contributed by atoms with Crippen LogP contribution in [0.25, 0.3) is 0 Å². The van der Waals surface area contributed by atoms with E-state index in [2.05, 4.69) is 5.32 Å². The van der Waals surface area contributed by atoms with Gasteiger partial charge in [-0.25, -0.2) is 0 Å². The van der Waals surface area contributed by atoms with Gasteiger partial charge in [0, 0.05) is 31.7 Å². The van der Waals surface area contributed by atoms with Crippen LogP contribution in [0.5, 0.6) is 0 Å². The molecule has 0 radical (unpaired) electrons. The van der Waals surface area contributed by atoms with Crippen molar-refractivity contribution in [3.8, 4) is 0 Å². The van der Waals surface area contributed by atoms with E-state index in [4.69, 9.17) is 0 Å². The zero-order valence-electron chi connectivity index (χ0n) is 10.9. The first-order valence-electron chi connectivity index (χ1n) is 6.35. The summed E-state index contributed by atoms with van der Waals surface area (Å²) < 4.78 is 0. The third-order valence-corrected chi connectivity index (χ3v) is 3.19. The van der Waals surface area contributed by atoms with Crippen LogP contribution in [0.15, 0.2) is 12.2 Å². The fraction of sp³-hybridized carbons (Fsp3) is 0.615. The van der Waals surface area contributed by atoms with Gasteiger partial charge in [0.1, 0.15) is 0 Å². The molecule has 0 saturated heterocycles. The molecule has 1 N–H and O–H groups in total. The maximum atomic E-state index is 11.5. The van der Waals surface area contributed by atoms with Crippen molar-refractivity contribution in [2.24, 2.45) is 5.92 Å². The largest absolute Gasteiger partial charge is 0.359 e. The standard InChI is InChI=1S/C13H20N2O3/c1-3-10(13(18)14-2)6-4-5-9-15-11(16)7-8-12(15)17/h7-8,10H,3-6,9H2,1-2H3,(H,14,18). The maximum absolute atomic E-state index is 11.5. The predicted molar refractivity (Wildman–Crippen MR) is 67.6 cm³/mol. The molecule has 1 rings (SSSR count). The number of carbonyl (C=O) groups excluding carboxylic acids is 3. The van der Waals surface area contributed by atoms with Crippen molar-refractivity contribution in [2.45, 2.75) is 32.6 Å². The first-order chi connectivity index (χ1) is 8.60. The fourth-order valence-electron chi connectivity index (χ4n) is 2.04. The molecule has 5 heteroatoms. The van der Waals surface area contributed by atoms with Crippen molar-refractivity contribution in [2.75, 3.05) is 13.6 Å². The summed E-state index contributed by atoms with van der Waals surface area (Å²) in [5.41, 5.74) is 0. The lowest BCUT2D eigenvalue weighted by Crippen LogP contribution is -2.31. The lowest BCUT2D eigenvalue weighted by molar-refractivity contribution is -0.137. The summed E-state index contributed by atoms with van der Waals surface area (Å²) >= 11 is 0. The van der Waals surface area contributed by atoms with Gasteiger partial charge in [0.15, 0.2) is 0 Å². The fourth-order valence-corrected chi connectivity index (χ4v) is 2.04. The van der Waals surface area contributed by atoms with Gasteiger partial charge < -0.3 is 5.32 Å². The van der Waals surface area contributed by atoms with Gasteiger partial charge in [-0.2, -0.15) is 0 Å². The van der Waals surface area contributed by atoms with E-state index in [-0.39, 0.29) is 23.6 Å². The van der Waals surface area contributed by atoms with Crippen molar-refractivity contribution < 1.29 is 14.4 Å². The summed E-state index contributed by atoms with van der Waals surface area (Å²) in [6.45, 7) is 2.42. The summed E-state index contributed by atoms with van der Waals surface area (Å²) in [6, 6.07) is 0. The summed E-state index contributed by atoms with van der Waals surface area (Å²) in [5, 5.41) is 2.64. The number of amides is 3. The molecule has 0 saturated carbocycles. The quantitative estimate of drug-likeness (QED) is 0.539. The summed E-state index contributed by atoms with van der Waals surface area (Å²) in [5.74, 6) is -0.387. The molecule has 1 unspecified atom stereocenters. The molecule has 100 valence electrons. The van der Waals surface area contributed by atoms with Gasteiger partial charge >= 0.3 is 0 Å². The van der Waals surface area contributed by atoms with Crippen molar-refractivity contribution >= 4 is 17.7 Å². The van der Waals surface area contributed by atoms with Gasteiger partial charge in [-0.15, -0.1) is 0 Å². The van der Waals surface area contributed by atoms with E-state index in [0.29, 0.717) is 6.54 Å². The van der Waals surface area contributed by atoms with Crippen molar-refractivity contribution in [1.82, 2.24) is 10.2 Å². The van der Waals surface area contributed by atoms with Crippen LogP contribution in [0.1, 0.15) is 32.6 Å². The number of carbonyl (C=O) groups is 3. The second-order valence-electron chi connectivity index (χ2n) is 4.38. The van der Waals surface area contributed by atoms with Crippen LogP contribution in [0, 0.1) is 5.92 Å². The van der Waals surface area contributed by atoms with Crippen LogP contribution >= 0.6 is 0 Å². The van der Waals surface area contributed by atoms with Crippen molar-refractivity contribution in [3.63, 3.8) is 0 Å². The topological polar surface area (TPSA) is 66.5 Å². The number of hydrogen-bond acceptors (Lipinski definition) is 3. The number of imide groups is 1. The van der Waals surface area contributed by atoms with Gasteiger partial charge in [-0.1, -0.05) is 13.3 Å². The molecule has 0 aromatic rings. The highest BCUT2D eigenvalue weighted by atomic mass is 16.2. The van der Waals surface area contributed by atoms with E-state index in [1.807, 2.05) is 6.92 Å². The molecule has 0 aliphatic carbocycles. The molecule has 0 fully saturated rings. The van der Waals surface area contributed by atoms with E-state index >= 15 is 0 Å². The second kappa shape index (κ2) is 6.93. The number of nitrogens with zero attached hydrogens (tertiary/aromatic N) is 1. The lowest BCUT2D eigenvalue weighted by atomic mass is 9.98. The minimum Gasteiger partial charge on any atom is -0.359 e. The van der Waals surface area contributed by atoms with E-state index in [1.54, 1.807) is 7.05 Å². The Morgan fingerprint density at radius 1 is 1.28 bits per heavy atom. The summed E-state index contributed by atoms with van der Waals surface area (Å²) in [4.78, 5) is 35.3. The van der Waals surface area contributed by atoms with Crippen LogP contribution < -0.4 is 5.32 Å². The summed E-state index contributed by atoms with van der Waals surface area (Å²) in [6.07, 6.45) is 5.77. The molecule has 1 atom stereocenters. The molecule has 0 aromatic heterocycles. The number of unbranched alkanes of at least 4 members (excludes halogenated alkanes) is 1. The first kappa shape index (κ1) is 14.4. The minimum absolute atomic E-state index is 0.0260. The summed E-state index contributed by atoms with van der Waals surface area (Å²) in [7, 11) is 1.64. The highest BCUT2D eigenvalue weighted by Gasteiger charge is 2.22. The molecule has 0 bridgehead atoms. The van der Waals surface area contributed by atoms with E-state index in [1.165, 1.54) is 17.1 Å². The minimum atomic E-state index is -0.238. The number of hydrogen-bond donors (Lipinski definition) is 1. The van der Waals surface area contributed by atoms with Gasteiger partial charge in [0.25, 0.3) is 11.8 Å². The van der Waals surface area contributed by atoms with Gasteiger partial charge in [-0.3, -0.25) is 19.3 Å². The maximum Gasteiger partial charge on any atom is 0.253 e. The molecule has 18 heavy (non-hydrogen) atoms. The van der Waals surface area contributed by atoms with Gasteiger partial charge in [-0.05, 0) is 19.3 Å².